The largest absolute Gasteiger partial charge is 0.398 e. The SMILES string of the molecule is C=C1c2ccccc2N=C(CC)N1Cc1ccc(N)c(-c2ccccc2)c1. The molecular formula is C24H23N3. The third-order valence-corrected chi connectivity index (χ3v) is 4.96. The lowest BCUT2D eigenvalue weighted by Gasteiger charge is -2.32. The molecule has 3 aromatic rings. The van der Waals surface area contributed by atoms with E-state index in [2.05, 4.69) is 48.7 Å². The summed E-state index contributed by atoms with van der Waals surface area (Å²) in [4.78, 5) is 7.06. The first kappa shape index (κ1) is 17.1. The van der Waals surface area contributed by atoms with Gasteiger partial charge in [-0.25, -0.2) is 4.99 Å². The van der Waals surface area contributed by atoms with Crippen molar-refractivity contribution in [3.05, 3.63) is 90.5 Å². The first-order valence-corrected chi connectivity index (χ1v) is 9.24. The normalized spacial score (nSPS) is 13.3. The molecule has 0 atom stereocenters. The monoisotopic (exact) mass is 353 g/mol. The number of fused-ring (bicyclic) bond motifs is 1. The van der Waals surface area contributed by atoms with Gasteiger partial charge in [-0.05, 0) is 29.3 Å². The van der Waals surface area contributed by atoms with Gasteiger partial charge in [0.2, 0.25) is 0 Å². The Kier molecular flexibility index (Phi) is 4.51. The van der Waals surface area contributed by atoms with Crippen molar-refractivity contribution in [1.82, 2.24) is 4.90 Å². The fourth-order valence-corrected chi connectivity index (χ4v) is 3.52. The van der Waals surface area contributed by atoms with Crippen LogP contribution in [0.4, 0.5) is 11.4 Å². The molecule has 0 spiro atoms. The zero-order valence-corrected chi connectivity index (χ0v) is 15.5. The molecular weight excluding hydrogens is 330 g/mol. The van der Waals surface area contributed by atoms with Gasteiger partial charge in [-0.15, -0.1) is 0 Å². The maximum absolute atomic E-state index is 6.24. The molecule has 1 heterocycles. The second kappa shape index (κ2) is 7.12. The Bertz CT molecular complexity index is 1020. The molecule has 0 unspecified atom stereocenters. The summed E-state index contributed by atoms with van der Waals surface area (Å²) in [5.74, 6) is 1.04. The molecule has 0 radical (unpaired) electrons. The minimum atomic E-state index is 0.722. The highest BCUT2D eigenvalue weighted by Crippen LogP contribution is 2.35. The van der Waals surface area contributed by atoms with Gasteiger partial charge in [0, 0.05) is 35.5 Å². The Morgan fingerprint density at radius 3 is 2.44 bits per heavy atom. The fourth-order valence-electron chi connectivity index (χ4n) is 3.52. The van der Waals surface area contributed by atoms with Gasteiger partial charge in [-0.1, -0.05) is 68.1 Å². The molecule has 3 nitrogen and oxygen atoms in total. The zero-order valence-electron chi connectivity index (χ0n) is 15.5. The Balaban J connectivity index is 1.69. The molecule has 3 aromatic carbocycles. The van der Waals surface area contributed by atoms with Crippen LogP contribution in [0.25, 0.3) is 16.8 Å². The number of amidine groups is 1. The number of nitrogens with two attached hydrogens (primary N) is 1. The van der Waals surface area contributed by atoms with Crippen molar-refractivity contribution in [2.45, 2.75) is 19.9 Å². The van der Waals surface area contributed by atoms with Crippen LogP contribution in [0.2, 0.25) is 0 Å². The number of nitrogen functional groups attached to an aromatic ring is 1. The maximum atomic E-state index is 6.24. The van der Waals surface area contributed by atoms with Crippen LogP contribution in [0.5, 0.6) is 0 Å². The van der Waals surface area contributed by atoms with Crippen LogP contribution in [0.1, 0.15) is 24.5 Å². The number of hydrogen-bond acceptors (Lipinski definition) is 3. The molecule has 27 heavy (non-hydrogen) atoms. The second-order valence-corrected chi connectivity index (χ2v) is 6.72. The van der Waals surface area contributed by atoms with Crippen molar-refractivity contribution in [3.8, 4) is 11.1 Å². The van der Waals surface area contributed by atoms with Crippen LogP contribution in [-0.4, -0.2) is 10.7 Å². The number of aliphatic imine (C=N–C) groups is 1. The quantitative estimate of drug-likeness (QED) is 0.597. The van der Waals surface area contributed by atoms with E-state index >= 15 is 0 Å². The number of rotatable bonds is 4. The van der Waals surface area contributed by atoms with Crippen LogP contribution >= 0.6 is 0 Å². The van der Waals surface area contributed by atoms with E-state index < -0.39 is 0 Å². The van der Waals surface area contributed by atoms with Gasteiger partial charge in [0.1, 0.15) is 5.84 Å². The summed E-state index contributed by atoms with van der Waals surface area (Å²) in [5, 5.41) is 0. The molecule has 0 amide bonds. The van der Waals surface area contributed by atoms with Gasteiger partial charge in [-0.2, -0.15) is 0 Å². The summed E-state index contributed by atoms with van der Waals surface area (Å²) < 4.78 is 0. The third-order valence-electron chi connectivity index (χ3n) is 4.96. The average molecular weight is 353 g/mol. The van der Waals surface area contributed by atoms with Crippen LogP contribution in [0.15, 0.2) is 84.4 Å². The second-order valence-electron chi connectivity index (χ2n) is 6.72. The fraction of sp³-hybridized carbons (Fsp3) is 0.125. The highest BCUT2D eigenvalue weighted by molar-refractivity contribution is 5.97. The van der Waals surface area contributed by atoms with E-state index in [1.54, 1.807) is 0 Å². The predicted molar refractivity (Wildman–Crippen MR) is 115 cm³/mol. The highest BCUT2D eigenvalue weighted by atomic mass is 15.2. The standard InChI is InChI=1S/C24H23N3/c1-3-24-26-23-12-8-7-11-20(23)17(2)27(24)16-18-13-14-22(25)21(15-18)19-9-5-4-6-10-19/h4-15H,2-3,16,25H2,1H3. The number of hydrogen-bond donors (Lipinski definition) is 1. The van der Waals surface area contributed by atoms with Crippen molar-refractivity contribution < 1.29 is 0 Å². The lowest BCUT2D eigenvalue weighted by Crippen LogP contribution is -2.30. The van der Waals surface area contributed by atoms with Crippen molar-refractivity contribution in [2.75, 3.05) is 5.73 Å². The van der Waals surface area contributed by atoms with Gasteiger partial charge >= 0.3 is 0 Å². The number of nitrogens with zero attached hydrogens (tertiary/aromatic N) is 2. The summed E-state index contributed by atoms with van der Waals surface area (Å²) in [5.41, 5.74) is 13.5. The van der Waals surface area contributed by atoms with Crippen LogP contribution in [0.3, 0.4) is 0 Å². The lowest BCUT2D eigenvalue weighted by molar-refractivity contribution is 0.562. The number of anilines is 1. The Morgan fingerprint density at radius 1 is 0.926 bits per heavy atom. The van der Waals surface area contributed by atoms with E-state index in [1.807, 2.05) is 42.5 Å². The topological polar surface area (TPSA) is 41.6 Å². The first-order chi connectivity index (χ1) is 13.2. The van der Waals surface area contributed by atoms with Crippen LogP contribution in [-0.2, 0) is 6.54 Å². The molecule has 3 heteroatoms. The van der Waals surface area contributed by atoms with Crippen molar-refractivity contribution in [1.29, 1.82) is 0 Å². The molecule has 0 aromatic heterocycles. The van der Waals surface area contributed by atoms with Gasteiger partial charge in [0.05, 0.1) is 5.69 Å². The highest BCUT2D eigenvalue weighted by Gasteiger charge is 2.22. The van der Waals surface area contributed by atoms with Crippen LogP contribution in [0, 0.1) is 0 Å². The molecule has 0 saturated carbocycles. The molecule has 0 saturated heterocycles. The summed E-state index contributed by atoms with van der Waals surface area (Å²) in [6.45, 7) is 7.20. The summed E-state index contributed by atoms with van der Waals surface area (Å²) in [7, 11) is 0. The van der Waals surface area contributed by atoms with E-state index in [4.69, 9.17) is 10.7 Å². The van der Waals surface area contributed by atoms with E-state index in [0.717, 1.165) is 52.6 Å². The Morgan fingerprint density at radius 2 is 1.67 bits per heavy atom. The molecule has 0 bridgehead atoms. The van der Waals surface area contributed by atoms with E-state index in [0.29, 0.717) is 0 Å². The summed E-state index contributed by atoms with van der Waals surface area (Å²) in [6, 6.07) is 24.7. The molecule has 0 fully saturated rings. The van der Waals surface area contributed by atoms with E-state index in [-0.39, 0.29) is 0 Å². The molecule has 2 N–H and O–H groups in total. The number of para-hydroxylation sites is 1. The van der Waals surface area contributed by atoms with Gasteiger partial charge in [0.15, 0.2) is 0 Å². The van der Waals surface area contributed by atoms with E-state index in [1.165, 1.54) is 5.56 Å². The Hall–Kier alpha value is -3.33. The predicted octanol–water partition coefficient (Wildman–Crippen LogP) is 5.86. The maximum Gasteiger partial charge on any atom is 0.109 e. The molecule has 0 aliphatic carbocycles. The minimum absolute atomic E-state index is 0.722. The van der Waals surface area contributed by atoms with Gasteiger partial charge < -0.3 is 10.6 Å². The van der Waals surface area contributed by atoms with Gasteiger partial charge in [0.25, 0.3) is 0 Å². The average Bonchev–Trinajstić information content (AvgIpc) is 2.72. The van der Waals surface area contributed by atoms with Crippen molar-refractivity contribution >= 4 is 22.9 Å². The smallest absolute Gasteiger partial charge is 0.109 e. The van der Waals surface area contributed by atoms with Crippen LogP contribution < -0.4 is 5.73 Å². The minimum Gasteiger partial charge on any atom is -0.398 e. The number of benzene rings is 3. The summed E-state index contributed by atoms with van der Waals surface area (Å²) in [6.07, 6.45) is 0.855. The zero-order chi connectivity index (χ0) is 18.8. The molecule has 1 aliphatic heterocycles. The summed E-state index contributed by atoms with van der Waals surface area (Å²) >= 11 is 0. The third kappa shape index (κ3) is 3.24. The molecule has 4 rings (SSSR count). The first-order valence-electron chi connectivity index (χ1n) is 9.24. The Labute approximate surface area is 160 Å². The molecule has 1 aliphatic rings. The molecule has 134 valence electrons. The van der Waals surface area contributed by atoms with E-state index in [9.17, 15) is 0 Å². The lowest BCUT2D eigenvalue weighted by atomic mass is 10.00. The van der Waals surface area contributed by atoms with Gasteiger partial charge in [-0.3, -0.25) is 0 Å². The van der Waals surface area contributed by atoms with Crippen molar-refractivity contribution in [2.24, 2.45) is 4.99 Å². The van der Waals surface area contributed by atoms with Crippen molar-refractivity contribution in [3.63, 3.8) is 0 Å².